The summed E-state index contributed by atoms with van der Waals surface area (Å²) in [5, 5.41) is 3.57. The van der Waals surface area contributed by atoms with E-state index in [9.17, 15) is 8.42 Å². The van der Waals surface area contributed by atoms with Crippen LogP contribution >= 0.6 is 0 Å². The summed E-state index contributed by atoms with van der Waals surface area (Å²) in [7, 11) is -2.84. The third-order valence-corrected chi connectivity index (χ3v) is 5.74. The van der Waals surface area contributed by atoms with Crippen LogP contribution in [-0.2, 0) is 9.84 Å². The van der Waals surface area contributed by atoms with Crippen LogP contribution in [0.15, 0.2) is 30.3 Å². The Balaban J connectivity index is 1.88. The summed E-state index contributed by atoms with van der Waals surface area (Å²) in [5.41, 5.74) is 1.31. The van der Waals surface area contributed by atoms with Crippen molar-refractivity contribution in [3.05, 3.63) is 35.9 Å². The maximum Gasteiger partial charge on any atom is 0.150 e. The molecule has 20 heavy (non-hydrogen) atoms. The van der Waals surface area contributed by atoms with Crippen molar-refractivity contribution in [3.8, 4) is 0 Å². The maximum absolute atomic E-state index is 11.6. The second-order valence-electron chi connectivity index (χ2n) is 5.67. The quantitative estimate of drug-likeness (QED) is 0.762. The molecule has 4 heteroatoms. The minimum atomic E-state index is -2.84. The second-order valence-corrected chi connectivity index (χ2v) is 8.14. The van der Waals surface area contributed by atoms with E-state index in [4.69, 9.17) is 0 Å². The summed E-state index contributed by atoms with van der Waals surface area (Å²) in [4.78, 5) is 0. The lowest BCUT2D eigenvalue weighted by Gasteiger charge is -2.18. The number of hydrogen-bond acceptors (Lipinski definition) is 3. The van der Waals surface area contributed by atoms with Gasteiger partial charge in [-0.1, -0.05) is 37.3 Å². The molecule has 1 aliphatic carbocycles. The van der Waals surface area contributed by atoms with Crippen LogP contribution in [-0.4, -0.2) is 32.5 Å². The highest BCUT2D eigenvalue weighted by atomic mass is 32.2. The normalized spacial score (nSPS) is 17.1. The van der Waals surface area contributed by atoms with Gasteiger partial charge in [0.1, 0.15) is 9.84 Å². The van der Waals surface area contributed by atoms with Gasteiger partial charge < -0.3 is 5.32 Å². The Morgan fingerprint density at radius 3 is 2.55 bits per heavy atom. The molecule has 1 atom stereocenters. The van der Waals surface area contributed by atoms with Gasteiger partial charge in [-0.05, 0) is 37.2 Å². The molecule has 1 aliphatic rings. The average Bonchev–Trinajstić information content (AvgIpc) is 3.27. The van der Waals surface area contributed by atoms with E-state index in [1.165, 1.54) is 18.4 Å². The van der Waals surface area contributed by atoms with Gasteiger partial charge >= 0.3 is 0 Å². The summed E-state index contributed by atoms with van der Waals surface area (Å²) < 4.78 is 23.2. The standard InChI is InChI=1S/C16H25NO2S/c1-2-20(18,19)12-6-9-15(13-17-16-10-11-16)14-7-4-3-5-8-14/h3-5,7-8,15-17H,2,6,9-13H2,1H3. The third kappa shape index (κ3) is 5.25. The number of benzene rings is 1. The van der Waals surface area contributed by atoms with Gasteiger partial charge in [0.25, 0.3) is 0 Å². The Kier molecular flexibility index (Phi) is 5.61. The fourth-order valence-electron chi connectivity index (χ4n) is 2.40. The summed E-state index contributed by atoms with van der Waals surface area (Å²) in [6, 6.07) is 11.1. The molecule has 1 N–H and O–H groups in total. The lowest BCUT2D eigenvalue weighted by molar-refractivity contribution is 0.537. The number of nitrogens with one attached hydrogen (secondary N) is 1. The highest BCUT2D eigenvalue weighted by molar-refractivity contribution is 7.91. The van der Waals surface area contributed by atoms with Gasteiger partial charge in [0.15, 0.2) is 0 Å². The van der Waals surface area contributed by atoms with Crippen LogP contribution < -0.4 is 5.32 Å². The Labute approximate surface area is 122 Å². The number of rotatable bonds is 9. The molecule has 1 saturated carbocycles. The van der Waals surface area contributed by atoms with Crippen LogP contribution in [0.2, 0.25) is 0 Å². The molecule has 1 unspecified atom stereocenters. The van der Waals surface area contributed by atoms with E-state index in [1.807, 2.05) is 6.07 Å². The Hall–Kier alpha value is -0.870. The molecule has 1 aromatic carbocycles. The summed E-state index contributed by atoms with van der Waals surface area (Å²) in [5.74, 6) is 0.989. The van der Waals surface area contributed by atoms with E-state index in [0.29, 0.717) is 17.7 Å². The molecule has 1 aromatic rings. The topological polar surface area (TPSA) is 46.2 Å². The van der Waals surface area contributed by atoms with Gasteiger partial charge in [-0.2, -0.15) is 0 Å². The van der Waals surface area contributed by atoms with Crippen molar-refractivity contribution in [2.24, 2.45) is 0 Å². The summed E-state index contributed by atoms with van der Waals surface area (Å²) in [6.07, 6.45) is 4.25. The Morgan fingerprint density at radius 2 is 1.95 bits per heavy atom. The van der Waals surface area contributed by atoms with E-state index in [-0.39, 0.29) is 5.75 Å². The van der Waals surface area contributed by atoms with E-state index in [0.717, 1.165) is 19.4 Å². The Morgan fingerprint density at radius 1 is 1.25 bits per heavy atom. The molecule has 1 fully saturated rings. The first kappa shape index (κ1) is 15.5. The lowest BCUT2D eigenvalue weighted by Crippen LogP contribution is -2.24. The molecule has 0 radical (unpaired) electrons. The van der Waals surface area contributed by atoms with E-state index >= 15 is 0 Å². The zero-order chi connectivity index (χ0) is 14.4. The van der Waals surface area contributed by atoms with Crippen LogP contribution in [0.25, 0.3) is 0 Å². The van der Waals surface area contributed by atoms with Gasteiger partial charge in [-0.3, -0.25) is 0 Å². The molecular weight excluding hydrogens is 270 g/mol. The van der Waals surface area contributed by atoms with Gasteiger partial charge in [-0.25, -0.2) is 8.42 Å². The Bertz CT molecular complexity index is 494. The molecule has 0 aliphatic heterocycles. The van der Waals surface area contributed by atoms with Crippen LogP contribution in [0.4, 0.5) is 0 Å². The van der Waals surface area contributed by atoms with Crippen molar-refractivity contribution >= 4 is 9.84 Å². The van der Waals surface area contributed by atoms with Gasteiger partial charge in [-0.15, -0.1) is 0 Å². The zero-order valence-electron chi connectivity index (χ0n) is 12.2. The fourth-order valence-corrected chi connectivity index (χ4v) is 3.30. The highest BCUT2D eigenvalue weighted by Crippen LogP contribution is 2.24. The maximum atomic E-state index is 11.6. The van der Waals surface area contributed by atoms with Crippen LogP contribution in [0.3, 0.4) is 0 Å². The minimum absolute atomic E-state index is 0.253. The first-order valence-corrected chi connectivity index (χ1v) is 9.41. The van der Waals surface area contributed by atoms with Crippen LogP contribution in [0, 0.1) is 0 Å². The third-order valence-electron chi connectivity index (χ3n) is 3.95. The monoisotopic (exact) mass is 295 g/mol. The van der Waals surface area contributed by atoms with Crippen molar-refractivity contribution in [3.63, 3.8) is 0 Å². The minimum Gasteiger partial charge on any atom is -0.313 e. The largest absolute Gasteiger partial charge is 0.313 e. The van der Waals surface area contributed by atoms with Gasteiger partial charge in [0, 0.05) is 18.3 Å². The average molecular weight is 295 g/mol. The first-order chi connectivity index (χ1) is 9.61. The molecule has 0 amide bonds. The smallest absolute Gasteiger partial charge is 0.150 e. The molecule has 0 heterocycles. The van der Waals surface area contributed by atoms with Crippen molar-refractivity contribution in [1.29, 1.82) is 0 Å². The van der Waals surface area contributed by atoms with Crippen LogP contribution in [0.1, 0.15) is 44.1 Å². The molecule has 0 aromatic heterocycles. The lowest BCUT2D eigenvalue weighted by atomic mass is 9.94. The van der Waals surface area contributed by atoms with Gasteiger partial charge in [0.05, 0.1) is 5.75 Å². The first-order valence-electron chi connectivity index (χ1n) is 7.59. The summed E-state index contributed by atoms with van der Waals surface area (Å²) in [6.45, 7) is 2.68. The predicted molar refractivity (Wildman–Crippen MR) is 83.8 cm³/mol. The number of hydrogen-bond donors (Lipinski definition) is 1. The molecule has 112 valence electrons. The van der Waals surface area contributed by atoms with Crippen molar-refractivity contribution in [2.75, 3.05) is 18.1 Å². The molecule has 2 rings (SSSR count). The van der Waals surface area contributed by atoms with E-state index in [1.54, 1.807) is 6.92 Å². The molecule has 0 saturated heterocycles. The zero-order valence-corrected chi connectivity index (χ0v) is 13.0. The fraction of sp³-hybridized carbons (Fsp3) is 0.625. The van der Waals surface area contributed by atoms with Crippen LogP contribution in [0.5, 0.6) is 0 Å². The predicted octanol–water partition coefficient (Wildman–Crippen LogP) is 2.74. The van der Waals surface area contributed by atoms with Crippen molar-refractivity contribution in [2.45, 2.75) is 44.6 Å². The molecule has 0 spiro atoms. The molecule has 3 nitrogen and oxygen atoms in total. The second kappa shape index (κ2) is 7.23. The van der Waals surface area contributed by atoms with E-state index in [2.05, 4.69) is 29.6 Å². The highest BCUT2D eigenvalue weighted by Gasteiger charge is 2.22. The number of sulfone groups is 1. The SMILES string of the molecule is CCS(=O)(=O)CCCC(CNC1CC1)c1ccccc1. The van der Waals surface area contributed by atoms with Crippen molar-refractivity contribution < 1.29 is 8.42 Å². The van der Waals surface area contributed by atoms with Gasteiger partial charge in [0.2, 0.25) is 0 Å². The van der Waals surface area contributed by atoms with E-state index < -0.39 is 9.84 Å². The molecule has 0 bridgehead atoms. The summed E-state index contributed by atoms with van der Waals surface area (Å²) >= 11 is 0. The van der Waals surface area contributed by atoms with Crippen molar-refractivity contribution in [1.82, 2.24) is 5.32 Å². The molecular formula is C16H25NO2S.